The molecule has 59 heavy (non-hydrogen) atoms. The Labute approximate surface area is 354 Å². The van der Waals surface area contributed by atoms with E-state index >= 15 is 0 Å². The average molecular weight is 854 g/mol. The van der Waals surface area contributed by atoms with E-state index in [-0.39, 0.29) is 44.9 Å². The predicted molar refractivity (Wildman–Crippen MR) is 232 cm³/mol. The van der Waals surface area contributed by atoms with Crippen LogP contribution < -0.4 is 5.73 Å². The molecule has 1 rings (SSSR count). The molecule has 13 nitrogen and oxygen atoms in total. The van der Waals surface area contributed by atoms with Crippen LogP contribution in [-0.2, 0) is 37.4 Å². The third kappa shape index (κ3) is 30.9. The lowest BCUT2D eigenvalue weighted by molar-refractivity contribution is -0.199. The van der Waals surface area contributed by atoms with Crippen molar-refractivity contribution in [2.45, 2.75) is 167 Å². The van der Waals surface area contributed by atoms with E-state index in [0.717, 1.165) is 70.6 Å². The molecule has 0 aromatic rings. The number of hydrogen-bond acceptors (Lipinski definition) is 12. The molecule has 1 fully saturated rings. The van der Waals surface area contributed by atoms with Crippen molar-refractivity contribution >= 4 is 19.8 Å². The van der Waals surface area contributed by atoms with E-state index in [1.165, 1.54) is 0 Å². The van der Waals surface area contributed by atoms with Gasteiger partial charge in [-0.25, -0.2) is 4.57 Å². The molecule has 0 aromatic heterocycles. The fourth-order valence-electron chi connectivity index (χ4n) is 6.07. The summed E-state index contributed by atoms with van der Waals surface area (Å²) in [4.78, 5) is 35.1. The third-order valence-electron chi connectivity index (χ3n) is 9.37. The van der Waals surface area contributed by atoms with Gasteiger partial charge in [0.15, 0.2) is 12.4 Å². The number of rotatable bonds is 35. The fourth-order valence-corrected chi connectivity index (χ4v) is 6.84. The van der Waals surface area contributed by atoms with E-state index < -0.39 is 57.1 Å². The van der Waals surface area contributed by atoms with Crippen LogP contribution in [0.3, 0.4) is 0 Å². The lowest BCUT2D eigenvalue weighted by Crippen LogP contribution is -2.43. The summed E-state index contributed by atoms with van der Waals surface area (Å²) in [5.41, 5.74) is 5.34. The van der Waals surface area contributed by atoms with Gasteiger partial charge in [-0.15, -0.1) is 0 Å². The Hall–Kier alpha value is -2.71. The van der Waals surface area contributed by atoms with Crippen molar-refractivity contribution in [3.63, 3.8) is 0 Å². The summed E-state index contributed by atoms with van der Waals surface area (Å²) in [6, 6.07) is 0. The van der Waals surface area contributed by atoms with Crippen molar-refractivity contribution in [1.82, 2.24) is 0 Å². The molecule has 0 aromatic carbocycles. The first-order valence-corrected chi connectivity index (χ1v) is 23.3. The second kappa shape index (κ2) is 36.0. The normalized spacial score (nSPS) is 21.1. The number of ether oxygens (including phenoxy) is 3. The van der Waals surface area contributed by atoms with Crippen LogP contribution in [0.25, 0.3) is 0 Å². The maximum absolute atomic E-state index is 12.6. The van der Waals surface area contributed by atoms with Crippen LogP contribution in [0.2, 0.25) is 0 Å². The van der Waals surface area contributed by atoms with Gasteiger partial charge in [0.25, 0.3) is 0 Å². The number of carbonyl (C=O) groups excluding carboxylic acids is 2. The molecule has 0 bridgehead atoms. The van der Waals surface area contributed by atoms with E-state index in [1.807, 2.05) is 12.2 Å². The number of aliphatic hydroxyl groups excluding tert-OH is 3. The van der Waals surface area contributed by atoms with Crippen molar-refractivity contribution < 1.29 is 57.6 Å². The van der Waals surface area contributed by atoms with Crippen LogP contribution in [0.15, 0.2) is 72.9 Å². The fraction of sp³-hybridized carbons (Fsp3) is 0.689. The Balaban J connectivity index is 2.46. The Morgan fingerprint density at radius 1 is 0.797 bits per heavy atom. The zero-order chi connectivity index (χ0) is 43.4. The highest BCUT2D eigenvalue weighted by Gasteiger charge is 2.35. The van der Waals surface area contributed by atoms with Gasteiger partial charge in [0.1, 0.15) is 6.61 Å². The van der Waals surface area contributed by atoms with Crippen LogP contribution in [0.1, 0.15) is 136 Å². The highest BCUT2D eigenvalue weighted by Crippen LogP contribution is 2.43. The predicted octanol–water partition coefficient (Wildman–Crippen LogP) is 8.38. The minimum absolute atomic E-state index is 0.00573. The van der Waals surface area contributed by atoms with Crippen LogP contribution in [0.5, 0.6) is 0 Å². The van der Waals surface area contributed by atoms with Gasteiger partial charge in [0, 0.05) is 31.7 Å². The minimum atomic E-state index is -4.46. The summed E-state index contributed by atoms with van der Waals surface area (Å²) in [7, 11) is -4.46. The maximum Gasteiger partial charge on any atom is 0.472 e. The van der Waals surface area contributed by atoms with Crippen molar-refractivity contribution in [2.24, 2.45) is 11.7 Å². The molecule has 0 amide bonds. The molecular weight excluding hydrogens is 777 g/mol. The first kappa shape index (κ1) is 54.3. The number of carbonyl (C=O) groups is 2. The molecule has 1 heterocycles. The lowest BCUT2D eigenvalue weighted by Gasteiger charge is -2.36. The van der Waals surface area contributed by atoms with E-state index in [1.54, 1.807) is 12.2 Å². The zero-order valence-corrected chi connectivity index (χ0v) is 36.6. The van der Waals surface area contributed by atoms with Crippen molar-refractivity contribution in [2.75, 3.05) is 26.4 Å². The molecule has 7 atom stereocenters. The maximum atomic E-state index is 12.6. The molecule has 0 radical (unpaired) electrons. The Morgan fingerprint density at radius 3 is 2.14 bits per heavy atom. The van der Waals surface area contributed by atoms with Crippen molar-refractivity contribution in [1.29, 1.82) is 0 Å². The van der Waals surface area contributed by atoms with E-state index in [2.05, 4.69) is 62.5 Å². The summed E-state index contributed by atoms with van der Waals surface area (Å²) in [5, 5.41) is 30.9. The van der Waals surface area contributed by atoms with Gasteiger partial charge in [-0.1, -0.05) is 119 Å². The van der Waals surface area contributed by atoms with Crippen LogP contribution in [0, 0.1) is 5.92 Å². The number of esters is 2. The minimum Gasteiger partial charge on any atom is -0.462 e. The first-order chi connectivity index (χ1) is 28.5. The quantitative estimate of drug-likeness (QED) is 0.0176. The van der Waals surface area contributed by atoms with Crippen LogP contribution in [-0.4, -0.2) is 89.2 Å². The second-order valence-electron chi connectivity index (χ2n) is 14.7. The molecule has 6 N–H and O–H groups in total. The second-order valence-corrected chi connectivity index (χ2v) is 16.2. The molecule has 2 unspecified atom stereocenters. The number of allylic oxidation sites excluding steroid dienone is 10. The van der Waals surface area contributed by atoms with E-state index in [9.17, 15) is 34.4 Å². The molecule has 14 heteroatoms. The number of phosphoric acid groups is 1. The summed E-state index contributed by atoms with van der Waals surface area (Å²) in [6.45, 7) is 3.15. The number of nitrogens with two attached hydrogens (primary N) is 1. The van der Waals surface area contributed by atoms with Crippen molar-refractivity contribution in [3.8, 4) is 0 Å². The van der Waals surface area contributed by atoms with E-state index in [4.69, 9.17) is 29.0 Å². The molecule has 338 valence electrons. The molecule has 1 aliphatic rings. The molecular formula is C45H76NO12P. The Morgan fingerprint density at radius 2 is 1.44 bits per heavy atom. The summed E-state index contributed by atoms with van der Waals surface area (Å²) < 4.78 is 38.4. The Bertz CT molecular complexity index is 1320. The molecule has 1 saturated heterocycles. The summed E-state index contributed by atoms with van der Waals surface area (Å²) in [6.07, 6.45) is 34.1. The van der Waals surface area contributed by atoms with Crippen molar-refractivity contribution in [3.05, 3.63) is 72.9 Å². The number of phosphoric ester groups is 1. The monoisotopic (exact) mass is 854 g/mol. The largest absolute Gasteiger partial charge is 0.472 e. The van der Waals surface area contributed by atoms with Gasteiger partial charge in [-0.3, -0.25) is 18.6 Å². The third-order valence-corrected chi connectivity index (χ3v) is 10.4. The molecule has 0 aliphatic carbocycles. The molecule has 0 saturated carbocycles. The number of unbranched alkanes of at least 4 members (excludes halogenated alkanes) is 7. The number of hydrogen-bond donors (Lipinski definition) is 5. The highest BCUT2D eigenvalue weighted by atomic mass is 31.2. The van der Waals surface area contributed by atoms with Gasteiger partial charge >= 0.3 is 19.8 Å². The summed E-state index contributed by atoms with van der Waals surface area (Å²) >= 11 is 0. The first-order valence-electron chi connectivity index (χ1n) is 21.8. The molecule has 1 aliphatic heterocycles. The zero-order valence-electron chi connectivity index (χ0n) is 35.7. The topological polar surface area (TPSA) is 204 Å². The summed E-state index contributed by atoms with van der Waals surface area (Å²) in [5.74, 6) is -1.37. The van der Waals surface area contributed by atoms with Gasteiger partial charge in [0.2, 0.25) is 0 Å². The van der Waals surface area contributed by atoms with Crippen LogP contribution >= 0.6 is 7.82 Å². The average Bonchev–Trinajstić information content (AvgIpc) is 3.20. The smallest absolute Gasteiger partial charge is 0.462 e. The Kier molecular flexibility index (Phi) is 33.1. The highest BCUT2D eigenvalue weighted by molar-refractivity contribution is 7.47. The lowest BCUT2D eigenvalue weighted by atomic mass is 9.87. The van der Waals surface area contributed by atoms with Gasteiger partial charge in [-0.05, 0) is 70.6 Å². The standard InChI is InChI=1S/C45H76NO12P/c1-3-5-7-8-9-10-11-12-13-14-15-16-17-18-19-20-26-30-44(50)57-39(37-56-59(52,53)55-34-33-46)36-54-43(49)29-25-22-21-24-28-40-41(48)35-45(51)58-42(40)32-31-38(47)27-23-6-4-2/h5,7,9-10,12-13,15-16,21,24,31-32,38-42,45,47-48,51H,3-4,6,8,11,14,17-20,22-23,25-30,33-37,46H2,1-2H3,(H,52,53)/b7-5-,10-9-,13-12-,16-15-,24-21-,32-31+/t38-,39+,40-,41-,42+,45?/m0/s1. The van der Waals surface area contributed by atoms with Crippen LogP contribution in [0.4, 0.5) is 0 Å². The molecule has 0 spiro atoms. The van der Waals surface area contributed by atoms with Gasteiger partial charge < -0.3 is 40.2 Å². The van der Waals surface area contributed by atoms with Gasteiger partial charge in [-0.2, -0.15) is 0 Å². The number of aliphatic hydroxyl groups is 3. The van der Waals surface area contributed by atoms with Gasteiger partial charge in [0.05, 0.1) is 31.5 Å². The van der Waals surface area contributed by atoms with E-state index in [0.29, 0.717) is 32.1 Å². The SMILES string of the molecule is CC/C=C\C/C=C\C/C=C\C/C=C\CCCCCCC(=O)O[C@H](COC(=O)CCC/C=C\C[C@H]1[C@@H](O)CC(O)O[C@@H]1/C=C/[C@@H](O)CCCCC)COP(=O)(O)OCCN.